The first-order chi connectivity index (χ1) is 11.4. The summed E-state index contributed by atoms with van der Waals surface area (Å²) in [6.07, 6.45) is 4.82. The Hall–Kier alpha value is -0.190. The van der Waals surface area contributed by atoms with E-state index in [0.29, 0.717) is 18.6 Å². The van der Waals surface area contributed by atoms with Gasteiger partial charge in [0.25, 0.3) is 0 Å². The van der Waals surface area contributed by atoms with E-state index in [-0.39, 0.29) is 12.2 Å². The Balaban J connectivity index is 1.39. The summed E-state index contributed by atoms with van der Waals surface area (Å²) in [5.74, 6) is 1.63. The van der Waals surface area contributed by atoms with Gasteiger partial charge in [-0.1, -0.05) is 13.8 Å². The van der Waals surface area contributed by atoms with Gasteiger partial charge in [-0.25, -0.2) is 4.39 Å². The maximum atomic E-state index is 14.7. The third kappa shape index (κ3) is 4.31. The van der Waals surface area contributed by atoms with Gasteiger partial charge < -0.3 is 9.64 Å². The summed E-state index contributed by atoms with van der Waals surface area (Å²) in [7, 11) is 0. The van der Waals surface area contributed by atoms with Crippen LogP contribution >= 0.6 is 0 Å². The molecule has 3 aliphatic rings. The van der Waals surface area contributed by atoms with Crippen LogP contribution < -0.4 is 0 Å². The van der Waals surface area contributed by atoms with Crippen molar-refractivity contribution in [3.8, 4) is 0 Å². The molecule has 140 valence electrons. The number of ether oxygens (including phenoxy) is 1. The maximum Gasteiger partial charge on any atom is 0.139 e. The molecule has 24 heavy (non-hydrogen) atoms. The molecule has 1 saturated carbocycles. The first-order valence-electron chi connectivity index (χ1n) is 10.2. The number of piperidine rings is 2. The largest absolute Gasteiger partial charge is 0.372 e. The van der Waals surface area contributed by atoms with Gasteiger partial charge in [0, 0.05) is 38.3 Å². The summed E-state index contributed by atoms with van der Waals surface area (Å²) in [4.78, 5) is 4.89. The fraction of sp³-hybridized carbons (Fsp3) is 1.00. The molecule has 0 aromatic carbocycles. The van der Waals surface area contributed by atoms with Gasteiger partial charge in [0.2, 0.25) is 0 Å². The molecule has 2 aliphatic heterocycles. The SMILES string of the molecule is CC(C)C1CC(N2CC[C@@H](OC3CCN(C(C)C)CC3)[C@H](F)C2)C1. The lowest BCUT2D eigenvalue weighted by atomic mass is 9.72. The Labute approximate surface area is 147 Å². The molecule has 0 amide bonds. The van der Waals surface area contributed by atoms with Crippen LogP contribution in [-0.2, 0) is 4.74 Å². The minimum Gasteiger partial charge on any atom is -0.372 e. The molecule has 1 aliphatic carbocycles. The van der Waals surface area contributed by atoms with Crippen LogP contribution in [0.4, 0.5) is 4.39 Å². The third-order valence-electron chi connectivity index (χ3n) is 6.70. The van der Waals surface area contributed by atoms with E-state index in [1.807, 2.05) is 0 Å². The van der Waals surface area contributed by atoms with Crippen molar-refractivity contribution in [3.05, 3.63) is 0 Å². The zero-order valence-electron chi connectivity index (χ0n) is 16.1. The number of halogens is 1. The van der Waals surface area contributed by atoms with Crippen molar-refractivity contribution in [2.24, 2.45) is 11.8 Å². The van der Waals surface area contributed by atoms with E-state index in [1.165, 1.54) is 12.8 Å². The van der Waals surface area contributed by atoms with Crippen molar-refractivity contribution in [2.75, 3.05) is 26.2 Å². The van der Waals surface area contributed by atoms with Crippen LogP contribution in [0.1, 0.15) is 59.8 Å². The summed E-state index contributed by atoms with van der Waals surface area (Å²) in [5, 5.41) is 0. The molecule has 2 atom stereocenters. The standard InChI is InChI=1S/C20H37FN2O/c1-14(2)16-11-17(12-16)23-10-7-20(19(21)13-23)24-18-5-8-22(9-6-18)15(3)4/h14-20H,5-13H2,1-4H3/t16?,17?,19-,20-/m1/s1. The highest BCUT2D eigenvalue weighted by atomic mass is 19.1. The molecule has 3 fully saturated rings. The molecular formula is C20H37FN2O. The number of nitrogens with zero attached hydrogens (tertiary/aromatic N) is 2. The fourth-order valence-corrected chi connectivity index (χ4v) is 4.64. The van der Waals surface area contributed by atoms with Crippen LogP contribution in [0, 0.1) is 11.8 Å². The summed E-state index contributed by atoms with van der Waals surface area (Å²) in [6, 6.07) is 1.24. The maximum absolute atomic E-state index is 14.7. The van der Waals surface area contributed by atoms with Crippen molar-refractivity contribution < 1.29 is 9.13 Å². The molecule has 3 nitrogen and oxygen atoms in total. The third-order valence-corrected chi connectivity index (χ3v) is 6.70. The lowest BCUT2D eigenvalue weighted by Crippen LogP contribution is -2.55. The van der Waals surface area contributed by atoms with E-state index in [2.05, 4.69) is 37.5 Å². The molecular weight excluding hydrogens is 303 g/mol. The van der Waals surface area contributed by atoms with E-state index < -0.39 is 6.17 Å². The molecule has 0 aromatic rings. The Bertz CT molecular complexity index is 389. The van der Waals surface area contributed by atoms with Gasteiger partial charge in [0.15, 0.2) is 0 Å². The summed E-state index contributed by atoms with van der Waals surface area (Å²) >= 11 is 0. The molecule has 0 aromatic heterocycles. The van der Waals surface area contributed by atoms with Gasteiger partial charge in [0.05, 0.1) is 12.2 Å². The second-order valence-electron chi connectivity index (χ2n) is 8.93. The summed E-state index contributed by atoms with van der Waals surface area (Å²) in [5.41, 5.74) is 0. The molecule has 0 bridgehead atoms. The Morgan fingerprint density at radius 3 is 2.17 bits per heavy atom. The van der Waals surface area contributed by atoms with Gasteiger partial charge in [-0.3, -0.25) is 4.90 Å². The number of hydrogen-bond donors (Lipinski definition) is 0. The van der Waals surface area contributed by atoms with Crippen LogP contribution in [0.2, 0.25) is 0 Å². The number of rotatable bonds is 5. The second-order valence-corrected chi connectivity index (χ2v) is 8.93. The first kappa shape index (κ1) is 18.6. The first-order valence-corrected chi connectivity index (χ1v) is 10.2. The average Bonchev–Trinajstić information content (AvgIpc) is 2.48. The minimum atomic E-state index is -0.806. The van der Waals surface area contributed by atoms with Crippen molar-refractivity contribution in [1.82, 2.24) is 9.80 Å². The van der Waals surface area contributed by atoms with Crippen LogP contribution in [0.15, 0.2) is 0 Å². The zero-order valence-corrected chi connectivity index (χ0v) is 16.1. The molecule has 3 rings (SSSR count). The topological polar surface area (TPSA) is 15.7 Å². The Morgan fingerprint density at radius 1 is 0.958 bits per heavy atom. The monoisotopic (exact) mass is 340 g/mol. The number of likely N-dealkylation sites (tertiary alicyclic amines) is 2. The zero-order chi connectivity index (χ0) is 17.3. The van der Waals surface area contributed by atoms with Crippen LogP contribution in [-0.4, -0.2) is 66.4 Å². The van der Waals surface area contributed by atoms with Gasteiger partial charge >= 0.3 is 0 Å². The number of alkyl halides is 1. The van der Waals surface area contributed by atoms with Gasteiger partial charge in [0.1, 0.15) is 6.17 Å². The highest BCUT2D eigenvalue weighted by Gasteiger charge is 2.40. The molecule has 4 heteroatoms. The van der Waals surface area contributed by atoms with Crippen molar-refractivity contribution >= 4 is 0 Å². The highest BCUT2D eigenvalue weighted by Crippen LogP contribution is 2.38. The highest BCUT2D eigenvalue weighted by molar-refractivity contribution is 4.93. The molecule has 0 spiro atoms. The lowest BCUT2D eigenvalue weighted by Gasteiger charge is -2.48. The summed E-state index contributed by atoms with van der Waals surface area (Å²) in [6.45, 7) is 12.9. The molecule has 0 N–H and O–H groups in total. The van der Waals surface area contributed by atoms with Crippen LogP contribution in [0.5, 0.6) is 0 Å². The van der Waals surface area contributed by atoms with Crippen LogP contribution in [0.3, 0.4) is 0 Å². The van der Waals surface area contributed by atoms with Gasteiger partial charge in [-0.2, -0.15) is 0 Å². The number of hydrogen-bond acceptors (Lipinski definition) is 3. The molecule has 2 heterocycles. The molecule has 2 saturated heterocycles. The minimum absolute atomic E-state index is 0.169. The lowest BCUT2D eigenvalue weighted by molar-refractivity contribution is -0.111. The van der Waals surface area contributed by atoms with E-state index in [9.17, 15) is 4.39 Å². The second kappa shape index (κ2) is 8.01. The molecule has 0 radical (unpaired) electrons. The van der Waals surface area contributed by atoms with Crippen molar-refractivity contribution in [3.63, 3.8) is 0 Å². The van der Waals surface area contributed by atoms with Crippen molar-refractivity contribution in [1.29, 1.82) is 0 Å². The smallest absolute Gasteiger partial charge is 0.139 e. The molecule has 0 unspecified atom stereocenters. The van der Waals surface area contributed by atoms with E-state index in [0.717, 1.165) is 50.7 Å². The van der Waals surface area contributed by atoms with E-state index in [1.54, 1.807) is 0 Å². The van der Waals surface area contributed by atoms with Crippen molar-refractivity contribution in [2.45, 2.75) is 90.3 Å². The van der Waals surface area contributed by atoms with Gasteiger partial charge in [-0.05, 0) is 57.8 Å². The predicted molar refractivity (Wildman–Crippen MR) is 97.0 cm³/mol. The van der Waals surface area contributed by atoms with Crippen LogP contribution in [0.25, 0.3) is 0 Å². The van der Waals surface area contributed by atoms with E-state index >= 15 is 0 Å². The normalized spacial score (nSPS) is 37.1. The Kier molecular flexibility index (Phi) is 6.20. The Morgan fingerprint density at radius 2 is 1.62 bits per heavy atom. The summed E-state index contributed by atoms with van der Waals surface area (Å²) < 4.78 is 20.8. The fourth-order valence-electron chi connectivity index (χ4n) is 4.64. The van der Waals surface area contributed by atoms with E-state index in [4.69, 9.17) is 4.74 Å². The predicted octanol–water partition coefficient (Wildman–Crippen LogP) is 3.72. The van der Waals surface area contributed by atoms with Gasteiger partial charge in [-0.15, -0.1) is 0 Å². The quantitative estimate of drug-likeness (QED) is 0.758. The average molecular weight is 341 g/mol.